The summed E-state index contributed by atoms with van der Waals surface area (Å²) in [4.78, 5) is 27.9. The van der Waals surface area contributed by atoms with Crippen molar-refractivity contribution in [2.75, 3.05) is 7.05 Å². The number of carbonyl (C=O) groups excluding carboxylic acids is 2. The summed E-state index contributed by atoms with van der Waals surface area (Å²) >= 11 is 0. The predicted octanol–water partition coefficient (Wildman–Crippen LogP) is -0.775. The van der Waals surface area contributed by atoms with Gasteiger partial charge in [-0.3, -0.25) is 19.8 Å². The fourth-order valence-corrected chi connectivity index (χ4v) is 1.54. The molecule has 2 rings (SSSR count). The molecule has 1 unspecified atom stereocenters. The van der Waals surface area contributed by atoms with Gasteiger partial charge in [0.1, 0.15) is 0 Å². The lowest BCUT2D eigenvalue weighted by atomic mass is 10.2. The van der Waals surface area contributed by atoms with Gasteiger partial charge in [-0.25, -0.2) is 0 Å². The van der Waals surface area contributed by atoms with E-state index in [1.54, 1.807) is 6.92 Å². The third-order valence-electron chi connectivity index (χ3n) is 2.46. The van der Waals surface area contributed by atoms with Gasteiger partial charge in [-0.05, 0) is 0 Å². The quantitative estimate of drug-likeness (QED) is 0.678. The molecule has 1 atom stereocenters. The fourth-order valence-electron chi connectivity index (χ4n) is 1.54. The van der Waals surface area contributed by atoms with Gasteiger partial charge in [0.25, 0.3) is 0 Å². The van der Waals surface area contributed by atoms with Crippen molar-refractivity contribution in [1.29, 1.82) is 0 Å². The van der Waals surface area contributed by atoms with E-state index in [-0.39, 0.29) is 18.2 Å². The minimum Gasteiger partial charge on any atom is -0.340 e. The van der Waals surface area contributed by atoms with E-state index in [0.29, 0.717) is 18.3 Å². The molecule has 0 bridgehead atoms. The summed E-state index contributed by atoms with van der Waals surface area (Å²) in [6.07, 6.45) is 0.187. The third kappa shape index (κ3) is 1.94. The number of hydrogen-bond donors (Lipinski definition) is 1. The first kappa shape index (κ1) is 10.7. The van der Waals surface area contributed by atoms with Crippen LogP contribution in [0, 0.1) is 6.92 Å². The smallest absolute Gasteiger partial charge is 0.246 e. The Balaban J connectivity index is 1.92. The van der Waals surface area contributed by atoms with Crippen LogP contribution in [-0.2, 0) is 16.1 Å². The van der Waals surface area contributed by atoms with E-state index in [0.717, 1.165) is 4.90 Å². The summed E-state index contributed by atoms with van der Waals surface area (Å²) in [7, 11) is 1.48. The summed E-state index contributed by atoms with van der Waals surface area (Å²) in [6.45, 7) is 2.00. The average molecular weight is 224 g/mol. The highest BCUT2D eigenvalue weighted by atomic mass is 16.5. The molecule has 1 aliphatic heterocycles. The Kier molecular flexibility index (Phi) is 2.69. The van der Waals surface area contributed by atoms with Crippen molar-refractivity contribution < 1.29 is 14.1 Å². The van der Waals surface area contributed by atoms with Crippen LogP contribution >= 0.6 is 0 Å². The number of hydrogen-bond acceptors (Lipinski definition) is 6. The van der Waals surface area contributed by atoms with Crippen LogP contribution in [0.15, 0.2) is 4.52 Å². The molecule has 0 spiro atoms. The molecule has 2 heterocycles. The lowest BCUT2D eigenvalue weighted by Crippen LogP contribution is -2.36. The predicted molar refractivity (Wildman–Crippen MR) is 52.1 cm³/mol. The second kappa shape index (κ2) is 4.01. The number of imide groups is 1. The molecule has 1 fully saturated rings. The molecule has 1 aromatic rings. The Hall–Kier alpha value is -1.76. The SMILES string of the molecule is Cc1nc(CNC2CC(=O)N(C)C2=O)no1. The number of likely N-dealkylation sites (N-methyl/N-ethyl adjacent to an activating group) is 1. The minimum absolute atomic E-state index is 0.174. The highest BCUT2D eigenvalue weighted by Gasteiger charge is 2.35. The van der Waals surface area contributed by atoms with Crippen LogP contribution in [0.25, 0.3) is 0 Å². The number of nitrogens with zero attached hydrogens (tertiary/aromatic N) is 3. The lowest BCUT2D eigenvalue weighted by molar-refractivity contribution is -0.137. The number of nitrogens with one attached hydrogen (secondary N) is 1. The lowest BCUT2D eigenvalue weighted by Gasteiger charge is -2.08. The number of rotatable bonds is 3. The maximum Gasteiger partial charge on any atom is 0.246 e. The van der Waals surface area contributed by atoms with Gasteiger partial charge < -0.3 is 4.52 Å². The maximum absolute atomic E-state index is 11.5. The number of aryl methyl sites for hydroxylation is 1. The van der Waals surface area contributed by atoms with Crippen LogP contribution in [0.2, 0.25) is 0 Å². The summed E-state index contributed by atoms with van der Waals surface area (Å²) < 4.78 is 4.79. The maximum atomic E-state index is 11.5. The van der Waals surface area contributed by atoms with Gasteiger partial charge in [-0.1, -0.05) is 5.16 Å². The highest BCUT2D eigenvalue weighted by Crippen LogP contribution is 2.10. The number of likely N-dealkylation sites (tertiary alicyclic amines) is 1. The molecule has 1 N–H and O–H groups in total. The first-order valence-electron chi connectivity index (χ1n) is 4.91. The molecule has 1 saturated heterocycles. The van der Waals surface area contributed by atoms with Crippen molar-refractivity contribution in [2.45, 2.75) is 25.9 Å². The van der Waals surface area contributed by atoms with Gasteiger partial charge in [0, 0.05) is 14.0 Å². The topological polar surface area (TPSA) is 88.3 Å². The summed E-state index contributed by atoms with van der Waals surface area (Å²) in [6, 6.07) is -0.476. The third-order valence-corrected chi connectivity index (χ3v) is 2.46. The molecular formula is C9H12N4O3. The van der Waals surface area contributed by atoms with Crippen LogP contribution in [0.4, 0.5) is 0 Å². The van der Waals surface area contributed by atoms with Crippen LogP contribution < -0.4 is 5.32 Å². The Labute approximate surface area is 91.8 Å². The van der Waals surface area contributed by atoms with E-state index in [2.05, 4.69) is 15.5 Å². The zero-order chi connectivity index (χ0) is 11.7. The Morgan fingerprint density at radius 1 is 1.56 bits per heavy atom. The van der Waals surface area contributed by atoms with Crippen molar-refractivity contribution in [3.05, 3.63) is 11.7 Å². The van der Waals surface area contributed by atoms with Crippen molar-refractivity contribution in [2.24, 2.45) is 0 Å². The van der Waals surface area contributed by atoms with Crippen molar-refractivity contribution >= 4 is 11.8 Å². The van der Waals surface area contributed by atoms with Crippen LogP contribution in [0.3, 0.4) is 0 Å². The number of carbonyl (C=O) groups is 2. The standard InChI is InChI=1S/C9H12N4O3/c1-5-11-7(12-16-5)4-10-6-3-8(14)13(2)9(6)15/h6,10H,3-4H2,1-2H3. The molecule has 1 aromatic heterocycles. The first-order valence-corrected chi connectivity index (χ1v) is 4.91. The summed E-state index contributed by atoms with van der Waals surface area (Å²) in [5.74, 6) is 0.562. The van der Waals surface area contributed by atoms with Gasteiger partial charge in [0.15, 0.2) is 5.82 Å². The molecule has 16 heavy (non-hydrogen) atoms. The van der Waals surface area contributed by atoms with E-state index in [1.807, 2.05) is 0 Å². The van der Waals surface area contributed by atoms with Crippen LogP contribution in [-0.4, -0.2) is 39.9 Å². The van der Waals surface area contributed by atoms with Gasteiger partial charge in [-0.2, -0.15) is 4.98 Å². The molecule has 1 aliphatic rings. The Bertz CT molecular complexity index is 428. The van der Waals surface area contributed by atoms with Crippen molar-refractivity contribution in [3.8, 4) is 0 Å². The largest absolute Gasteiger partial charge is 0.340 e. The average Bonchev–Trinajstić information content (AvgIpc) is 2.76. The Morgan fingerprint density at radius 2 is 2.31 bits per heavy atom. The molecule has 0 aliphatic carbocycles. The van der Waals surface area contributed by atoms with E-state index in [4.69, 9.17) is 4.52 Å². The molecule has 0 radical (unpaired) electrons. The van der Waals surface area contributed by atoms with Crippen LogP contribution in [0.5, 0.6) is 0 Å². The van der Waals surface area contributed by atoms with Gasteiger partial charge in [0.05, 0.1) is 19.0 Å². The van der Waals surface area contributed by atoms with E-state index in [9.17, 15) is 9.59 Å². The van der Waals surface area contributed by atoms with E-state index < -0.39 is 6.04 Å². The molecule has 0 saturated carbocycles. The molecule has 2 amide bonds. The van der Waals surface area contributed by atoms with Crippen molar-refractivity contribution in [3.63, 3.8) is 0 Å². The minimum atomic E-state index is -0.476. The van der Waals surface area contributed by atoms with Gasteiger partial charge >= 0.3 is 0 Å². The molecular weight excluding hydrogens is 212 g/mol. The number of amides is 2. The summed E-state index contributed by atoms with van der Waals surface area (Å²) in [5, 5.41) is 6.61. The van der Waals surface area contributed by atoms with Crippen molar-refractivity contribution in [1.82, 2.24) is 20.4 Å². The summed E-state index contributed by atoms with van der Waals surface area (Å²) in [5.41, 5.74) is 0. The van der Waals surface area contributed by atoms with Crippen LogP contribution in [0.1, 0.15) is 18.1 Å². The monoisotopic (exact) mass is 224 g/mol. The van der Waals surface area contributed by atoms with Gasteiger partial charge in [-0.15, -0.1) is 0 Å². The van der Waals surface area contributed by atoms with Gasteiger partial charge in [0.2, 0.25) is 17.7 Å². The molecule has 86 valence electrons. The zero-order valence-corrected chi connectivity index (χ0v) is 9.06. The normalized spacial score (nSPS) is 20.9. The molecule has 0 aromatic carbocycles. The second-order valence-corrected chi connectivity index (χ2v) is 3.66. The second-order valence-electron chi connectivity index (χ2n) is 3.66. The first-order chi connectivity index (χ1) is 7.58. The highest BCUT2D eigenvalue weighted by molar-refractivity contribution is 6.05. The number of aromatic nitrogens is 2. The van der Waals surface area contributed by atoms with E-state index in [1.165, 1.54) is 7.05 Å². The fraction of sp³-hybridized carbons (Fsp3) is 0.556. The molecule has 7 nitrogen and oxygen atoms in total. The zero-order valence-electron chi connectivity index (χ0n) is 9.06. The van der Waals surface area contributed by atoms with E-state index >= 15 is 0 Å². The molecule has 7 heteroatoms. The Morgan fingerprint density at radius 3 is 2.81 bits per heavy atom.